The van der Waals surface area contributed by atoms with Crippen molar-refractivity contribution in [1.82, 2.24) is 14.8 Å². The predicted octanol–water partition coefficient (Wildman–Crippen LogP) is 2.91. The molecular formula is C19H31N3O2S. The molecule has 1 amide bonds. The molecule has 2 fully saturated rings. The fraction of sp³-hybridized carbons (Fsp3) is 0.789. The molecule has 2 heterocycles. The fourth-order valence-corrected chi connectivity index (χ4v) is 5.18. The summed E-state index contributed by atoms with van der Waals surface area (Å²) in [6.45, 7) is 5.53. The van der Waals surface area contributed by atoms with Crippen LogP contribution in [-0.2, 0) is 11.3 Å². The first-order valence-corrected chi connectivity index (χ1v) is 10.7. The molecule has 1 aromatic rings. The van der Waals surface area contributed by atoms with Gasteiger partial charge in [-0.2, -0.15) is 0 Å². The third-order valence-electron chi connectivity index (χ3n) is 5.96. The number of carbonyl (C=O) groups is 1. The summed E-state index contributed by atoms with van der Waals surface area (Å²) in [7, 11) is 0. The van der Waals surface area contributed by atoms with Gasteiger partial charge in [0.1, 0.15) is 0 Å². The van der Waals surface area contributed by atoms with E-state index in [1.807, 2.05) is 12.3 Å². The summed E-state index contributed by atoms with van der Waals surface area (Å²) in [4.78, 5) is 26.8. The van der Waals surface area contributed by atoms with Crippen LogP contribution < -0.4 is 10.2 Å². The standard InChI is InChI=1S/C19H31N3O2S/c1-16-14-25-18(24)22(16)13-8-17(23)20-15-19(9-4-2-5-10-19)21-11-6-3-7-12-21/h14H,2-13,15H2,1H3,(H,20,23). The topological polar surface area (TPSA) is 54.3 Å². The van der Waals surface area contributed by atoms with Crippen LogP contribution in [0, 0.1) is 6.92 Å². The van der Waals surface area contributed by atoms with Gasteiger partial charge in [-0.15, -0.1) is 0 Å². The molecule has 2 aliphatic rings. The van der Waals surface area contributed by atoms with Gasteiger partial charge in [-0.05, 0) is 45.7 Å². The molecule has 25 heavy (non-hydrogen) atoms. The number of piperidine rings is 1. The van der Waals surface area contributed by atoms with Gasteiger partial charge in [-0.1, -0.05) is 37.0 Å². The van der Waals surface area contributed by atoms with Crippen LogP contribution in [0.1, 0.15) is 63.5 Å². The first-order valence-electron chi connectivity index (χ1n) is 9.77. The smallest absolute Gasteiger partial charge is 0.307 e. The highest BCUT2D eigenvalue weighted by Crippen LogP contribution is 2.35. The number of amides is 1. The minimum Gasteiger partial charge on any atom is -0.354 e. The van der Waals surface area contributed by atoms with Crippen molar-refractivity contribution in [3.05, 3.63) is 20.7 Å². The Morgan fingerprint density at radius 1 is 1.16 bits per heavy atom. The highest BCUT2D eigenvalue weighted by molar-refractivity contribution is 7.07. The van der Waals surface area contributed by atoms with Crippen molar-refractivity contribution in [1.29, 1.82) is 0 Å². The van der Waals surface area contributed by atoms with E-state index in [1.54, 1.807) is 4.57 Å². The number of likely N-dealkylation sites (tertiary alicyclic amines) is 1. The number of carbonyl (C=O) groups excluding carboxylic acids is 1. The third-order valence-corrected chi connectivity index (χ3v) is 6.85. The van der Waals surface area contributed by atoms with Crippen LogP contribution in [0.2, 0.25) is 0 Å². The van der Waals surface area contributed by atoms with E-state index in [2.05, 4.69) is 10.2 Å². The molecule has 0 spiro atoms. The van der Waals surface area contributed by atoms with Crippen molar-refractivity contribution in [3.63, 3.8) is 0 Å². The minimum absolute atomic E-state index is 0.0300. The average molecular weight is 366 g/mol. The van der Waals surface area contributed by atoms with Gasteiger partial charge in [0, 0.05) is 36.1 Å². The SMILES string of the molecule is Cc1csc(=O)n1CCC(=O)NCC1(N2CCCCC2)CCCCC1. The largest absolute Gasteiger partial charge is 0.354 e. The lowest BCUT2D eigenvalue weighted by Crippen LogP contribution is -2.58. The van der Waals surface area contributed by atoms with Gasteiger partial charge in [-0.3, -0.25) is 14.5 Å². The molecule has 0 atom stereocenters. The summed E-state index contributed by atoms with van der Waals surface area (Å²) in [5.41, 5.74) is 1.11. The van der Waals surface area contributed by atoms with Gasteiger partial charge in [0.05, 0.1) is 0 Å². The van der Waals surface area contributed by atoms with Crippen LogP contribution in [0.5, 0.6) is 0 Å². The van der Waals surface area contributed by atoms with E-state index < -0.39 is 0 Å². The maximum absolute atomic E-state index is 12.4. The van der Waals surface area contributed by atoms with Crippen LogP contribution in [-0.4, -0.2) is 40.5 Å². The Balaban J connectivity index is 1.55. The maximum Gasteiger partial charge on any atom is 0.307 e. The molecular weight excluding hydrogens is 334 g/mol. The molecule has 1 N–H and O–H groups in total. The Bertz CT molecular complexity index is 625. The van der Waals surface area contributed by atoms with Crippen molar-refractivity contribution >= 4 is 17.2 Å². The molecule has 1 aliphatic carbocycles. The average Bonchev–Trinajstić information content (AvgIpc) is 2.98. The van der Waals surface area contributed by atoms with Crippen LogP contribution in [0.25, 0.3) is 0 Å². The summed E-state index contributed by atoms with van der Waals surface area (Å²) < 4.78 is 1.70. The summed E-state index contributed by atoms with van der Waals surface area (Å²) in [5.74, 6) is 0.0689. The predicted molar refractivity (Wildman–Crippen MR) is 102 cm³/mol. The first kappa shape index (κ1) is 18.6. The second kappa shape index (κ2) is 8.49. The van der Waals surface area contributed by atoms with Crippen molar-refractivity contribution in [2.75, 3.05) is 19.6 Å². The fourth-order valence-electron chi connectivity index (χ4n) is 4.42. The molecule has 1 saturated carbocycles. The lowest BCUT2D eigenvalue weighted by atomic mass is 9.79. The zero-order chi connectivity index (χ0) is 17.7. The number of hydrogen-bond donors (Lipinski definition) is 1. The van der Waals surface area contributed by atoms with Crippen LogP contribution >= 0.6 is 11.3 Å². The van der Waals surface area contributed by atoms with Crippen molar-refractivity contribution in [3.8, 4) is 0 Å². The summed E-state index contributed by atoms with van der Waals surface area (Å²) in [5, 5.41) is 5.05. The molecule has 1 aliphatic heterocycles. The van der Waals surface area contributed by atoms with E-state index in [0.29, 0.717) is 13.0 Å². The van der Waals surface area contributed by atoms with Gasteiger partial charge in [0.15, 0.2) is 0 Å². The number of thiazole rings is 1. The second-order valence-corrected chi connectivity index (χ2v) is 8.47. The quantitative estimate of drug-likeness (QED) is 0.843. The second-order valence-electron chi connectivity index (χ2n) is 7.65. The van der Waals surface area contributed by atoms with Gasteiger partial charge in [-0.25, -0.2) is 0 Å². The molecule has 5 nitrogen and oxygen atoms in total. The van der Waals surface area contributed by atoms with Crippen LogP contribution in [0.4, 0.5) is 0 Å². The lowest BCUT2D eigenvalue weighted by Gasteiger charge is -2.48. The van der Waals surface area contributed by atoms with E-state index in [1.165, 1.54) is 75.8 Å². The molecule has 1 saturated heterocycles. The minimum atomic E-state index is 0.0300. The zero-order valence-corrected chi connectivity index (χ0v) is 16.2. The lowest BCUT2D eigenvalue weighted by molar-refractivity contribution is -0.122. The first-order chi connectivity index (χ1) is 12.1. The summed E-state index contributed by atoms with van der Waals surface area (Å²) >= 11 is 1.21. The van der Waals surface area contributed by atoms with Gasteiger partial charge >= 0.3 is 4.87 Å². The molecule has 0 aromatic carbocycles. The van der Waals surface area contributed by atoms with Crippen LogP contribution in [0.3, 0.4) is 0 Å². The molecule has 3 rings (SSSR count). The van der Waals surface area contributed by atoms with E-state index in [4.69, 9.17) is 0 Å². The molecule has 0 radical (unpaired) electrons. The van der Waals surface area contributed by atoms with E-state index >= 15 is 0 Å². The highest BCUT2D eigenvalue weighted by atomic mass is 32.1. The number of aromatic nitrogens is 1. The van der Waals surface area contributed by atoms with Crippen LogP contribution in [0.15, 0.2) is 10.2 Å². The number of hydrogen-bond acceptors (Lipinski definition) is 4. The third kappa shape index (κ3) is 4.53. The van der Waals surface area contributed by atoms with Crippen molar-refractivity contribution < 1.29 is 4.79 Å². The van der Waals surface area contributed by atoms with Crippen molar-refractivity contribution in [2.24, 2.45) is 0 Å². The van der Waals surface area contributed by atoms with E-state index in [0.717, 1.165) is 12.2 Å². The number of rotatable bonds is 6. The normalized spacial score (nSPS) is 21.2. The highest BCUT2D eigenvalue weighted by Gasteiger charge is 2.38. The maximum atomic E-state index is 12.4. The molecule has 1 aromatic heterocycles. The molecule has 140 valence electrons. The Morgan fingerprint density at radius 3 is 2.48 bits per heavy atom. The Kier molecular flexibility index (Phi) is 6.34. The number of nitrogens with one attached hydrogen (secondary N) is 1. The van der Waals surface area contributed by atoms with E-state index in [-0.39, 0.29) is 16.3 Å². The van der Waals surface area contributed by atoms with Gasteiger partial charge in [0.25, 0.3) is 0 Å². The molecule has 0 unspecified atom stereocenters. The monoisotopic (exact) mass is 365 g/mol. The summed E-state index contributed by atoms with van der Waals surface area (Å²) in [6, 6.07) is 0. The Hall–Kier alpha value is -1.14. The number of nitrogens with zero attached hydrogens (tertiary/aromatic N) is 2. The van der Waals surface area contributed by atoms with Crippen molar-refractivity contribution in [2.45, 2.75) is 76.8 Å². The molecule has 0 bridgehead atoms. The molecule has 6 heteroatoms. The number of aryl methyl sites for hydroxylation is 1. The van der Waals surface area contributed by atoms with Gasteiger partial charge in [0.2, 0.25) is 5.91 Å². The van der Waals surface area contributed by atoms with E-state index in [9.17, 15) is 9.59 Å². The Morgan fingerprint density at radius 2 is 1.84 bits per heavy atom. The Labute approximate surface area is 154 Å². The zero-order valence-electron chi connectivity index (χ0n) is 15.4. The van der Waals surface area contributed by atoms with Gasteiger partial charge < -0.3 is 9.88 Å². The summed E-state index contributed by atoms with van der Waals surface area (Å²) in [6.07, 6.45) is 10.6.